The normalized spacial score (nSPS) is 10.5. The molecule has 0 saturated heterocycles. The number of carbonyl (C=O) groups excluding carboxylic acids is 1. The van der Waals surface area contributed by atoms with E-state index in [1.807, 2.05) is 18.2 Å². The van der Waals surface area contributed by atoms with E-state index in [-0.39, 0.29) is 5.91 Å². The van der Waals surface area contributed by atoms with Gasteiger partial charge in [-0.1, -0.05) is 29.3 Å². The van der Waals surface area contributed by atoms with Crippen molar-refractivity contribution in [3.63, 3.8) is 0 Å². The molecule has 26 heavy (non-hydrogen) atoms. The molecule has 0 unspecified atom stereocenters. The minimum absolute atomic E-state index is 0.0815. The molecular formula is C19H22Cl2N2O3. The summed E-state index contributed by atoms with van der Waals surface area (Å²) in [6, 6.07) is 10.8. The van der Waals surface area contributed by atoms with Crippen LogP contribution in [0.4, 0.5) is 5.69 Å². The van der Waals surface area contributed by atoms with Crippen LogP contribution in [-0.4, -0.2) is 33.2 Å². The average molecular weight is 397 g/mol. The molecule has 1 amide bonds. The number of amides is 1. The highest BCUT2D eigenvalue weighted by Crippen LogP contribution is 2.27. The van der Waals surface area contributed by atoms with Gasteiger partial charge in [0.25, 0.3) is 0 Å². The van der Waals surface area contributed by atoms with Crippen molar-refractivity contribution in [1.82, 2.24) is 5.32 Å². The molecule has 0 fully saturated rings. The van der Waals surface area contributed by atoms with Crippen molar-refractivity contribution in [2.75, 3.05) is 32.6 Å². The standard InChI is InChI=1S/C19H22Cl2N2O3/c1-25-17-6-3-13(11-18(17)26-2)7-9-22-10-8-19(24)23-14-4-5-15(20)16(21)12-14/h3-6,11-12,22H,7-10H2,1-2H3,(H,23,24). The van der Waals surface area contributed by atoms with Gasteiger partial charge in [0.15, 0.2) is 11.5 Å². The van der Waals surface area contributed by atoms with Crippen molar-refractivity contribution >= 4 is 34.8 Å². The quantitative estimate of drug-likeness (QED) is 0.624. The number of halogens is 2. The zero-order valence-corrected chi connectivity index (χ0v) is 16.3. The van der Waals surface area contributed by atoms with Crippen LogP contribution in [0.3, 0.4) is 0 Å². The monoisotopic (exact) mass is 396 g/mol. The number of methoxy groups -OCH3 is 2. The Hall–Kier alpha value is -1.95. The predicted octanol–water partition coefficient (Wildman–Crippen LogP) is 4.17. The number of ether oxygens (including phenoxy) is 2. The molecule has 0 aliphatic rings. The molecule has 2 aromatic carbocycles. The van der Waals surface area contributed by atoms with Crippen LogP contribution in [-0.2, 0) is 11.2 Å². The molecule has 0 atom stereocenters. The fourth-order valence-corrected chi connectivity index (χ4v) is 2.69. The van der Waals surface area contributed by atoms with Crippen LogP contribution >= 0.6 is 23.2 Å². The number of hydrogen-bond acceptors (Lipinski definition) is 4. The van der Waals surface area contributed by atoms with Gasteiger partial charge in [-0.15, -0.1) is 0 Å². The lowest BCUT2D eigenvalue weighted by Crippen LogP contribution is -2.23. The topological polar surface area (TPSA) is 59.6 Å². The largest absolute Gasteiger partial charge is 0.493 e. The Balaban J connectivity index is 1.70. The minimum atomic E-state index is -0.0815. The van der Waals surface area contributed by atoms with Crippen molar-refractivity contribution in [2.24, 2.45) is 0 Å². The van der Waals surface area contributed by atoms with Crippen LogP contribution in [0.15, 0.2) is 36.4 Å². The second-order valence-corrected chi connectivity index (χ2v) is 6.43. The summed E-state index contributed by atoms with van der Waals surface area (Å²) in [5, 5.41) is 6.92. The van der Waals surface area contributed by atoms with Crippen LogP contribution in [0, 0.1) is 0 Å². The van der Waals surface area contributed by atoms with Gasteiger partial charge in [-0.2, -0.15) is 0 Å². The highest BCUT2D eigenvalue weighted by molar-refractivity contribution is 6.42. The van der Waals surface area contributed by atoms with Crippen LogP contribution in [0.25, 0.3) is 0 Å². The highest BCUT2D eigenvalue weighted by Gasteiger charge is 2.06. The Bertz CT molecular complexity index is 754. The first-order valence-electron chi connectivity index (χ1n) is 8.20. The van der Waals surface area contributed by atoms with Gasteiger partial charge >= 0.3 is 0 Å². The molecule has 140 valence electrons. The van der Waals surface area contributed by atoms with Crippen molar-refractivity contribution < 1.29 is 14.3 Å². The number of hydrogen-bond donors (Lipinski definition) is 2. The lowest BCUT2D eigenvalue weighted by Gasteiger charge is -2.10. The third kappa shape index (κ3) is 6.09. The Kier molecular flexibility index (Phi) is 8.04. The van der Waals surface area contributed by atoms with Crippen LogP contribution in [0.2, 0.25) is 10.0 Å². The molecule has 0 saturated carbocycles. The number of anilines is 1. The zero-order chi connectivity index (χ0) is 18.9. The van der Waals surface area contributed by atoms with E-state index in [2.05, 4.69) is 10.6 Å². The SMILES string of the molecule is COc1ccc(CCNCCC(=O)Nc2ccc(Cl)c(Cl)c2)cc1OC. The summed E-state index contributed by atoms with van der Waals surface area (Å²) in [6.45, 7) is 1.34. The van der Waals surface area contributed by atoms with Crippen molar-refractivity contribution in [3.8, 4) is 11.5 Å². The maximum absolute atomic E-state index is 11.9. The summed E-state index contributed by atoms with van der Waals surface area (Å²) in [6.07, 6.45) is 1.20. The molecule has 2 rings (SSSR count). The van der Waals surface area contributed by atoms with Gasteiger partial charge in [0.05, 0.1) is 24.3 Å². The van der Waals surface area contributed by atoms with Gasteiger partial charge in [0, 0.05) is 18.7 Å². The Morgan fingerprint density at radius 1 is 0.962 bits per heavy atom. The molecule has 0 spiro atoms. The zero-order valence-electron chi connectivity index (χ0n) is 14.8. The molecule has 2 aromatic rings. The molecule has 0 bridgehead atoms. The summed E-state index contributed by atoms with van der Waals surface area (Å²) >= 11 is 11.8. The maximum atomic E-state index is 11.9. The minimum Gasteiger partial charge on any atom is -0.493 e. The summed E-state index contributed by atoms with van der Waals surface area (Å²) in [4.78, 5) is 11.9. The molecule has 5 nitrogen and oxygen atoms in total. The van der Waals surface area contributed by atoms with E-state index in [0.29, 0.717) is 40.2 Å². The third-order valence-corrected chi connectivity index (χ3v) is 4.51. The number of rotatable bonds is 9. The van der Waals surface area contributed by atoms with Gasteiger partial charge in [0.1, 0.15) is 0 Å². The second kappa shape index (κ2) is 10.3. The second-order valence-electron chi connectivity index (χ2n) is 5.62. The lowest BCUT2D eigenvalue weighted by molar-refractivity contribution is -0.116. The van der Waals surface area contributed by atoms with E-state index in [0.717, 1.165) is 18.5 Å². The van der Waals surface area contributed by atoms with E-state index in [1.54, 1.807) is 32.4 Å². The van der Waals surface area contributed by atoms with Crippen LogP contribution in [0.1, 0.15) is 12.0 Å². The first-order chi connectivity index (χ1) is 12.5. The van der Waals surface area contributed by atoms with Gasteiger partial charge < -0.3 is 20.1 Å². The van der Waals surface area contributed by atoms with E-state index in [4.69, 9.17) is 32.7 Å². The van der Waals surface area contributed by atoms with Gasteiger partial charge in [0.2, 0.25) is 5.91 Å². The van der Waals surface area contributed by atoms with Gasteiger partial charge in [-0.25, -0.2) is 0 Å². The fraction of sp³-hybridized carbons (Fsp3) is 0.316. The Labute approximate surface area is 163 Å². The first kappa shape index (κ1) is 20.4. The fourth-order valence-electron chi connectivity index (χ4n) is 2.39. The molecule has 7 heteroatoms. The summed E-state index contributed by atoms with van der Waals surface area (Å²) in [5.74, 6) is 1.34. The summed E-state index contributed by atoms with van der Waals surface area (Å²) in [5.41, 5.74) is 1.77. The van der Waals surface area contributed by atoms with E-state index >= 15 is 0 Å². The molecule has 0 heterocycles. The average Bonchev–Trinajstić information content (AvgIpc) is 2.64. The van der Waals surface area contributed by atoms with E-state index in [1.165, 1.54) is 0 Å². The smallest absolute Gasteiger partial charge is 0.225 e. The molecule has 0 aliphatic carbocycles. The molecule has 0 aromatic heterocycles. The third-order valence-electron chi connectivity index (χ3n) is 3.77. The van der Waals surface area contributed by atoms with Crippen LogP contribution < -0.4 is 20.1 Å². The first-order valence-corrected chi connectivity index (χ1v) is 8.95. The number of carbonyl (C=O) groups is 1. The molecule has 0 radical (unpaired) electrons. The summed E-state index contributed by atoms with van der Waals surface area (Å²) < 4.78 is 10.5. The number of nitrogens with one attached hydrogen (secondary N) is 2. The van der Waals surface area contributed by atoms with Crippen LogP contribution in [0.5, 0.6) is 11.5 Å². The van der Waals surface area contributed by atoms with Gasteiger partial charge in [-0.05, 0) is 48.9 Å². The maximum Gasteiger partial charge on any atom is 0.225 e. The highest BCUT2D eigenvalue weighted by atomic mass is 35.5. The molecule has 0 aliphatic heterocycles. The van der Waals surface area contributed by atoms with Crippen molar-refractivity contribution in [1.29, 1.82) is 0 Å². The van der Waals surface area contributed by atoms with Crippen molar-refractivity contribution in [3.05, 3.63) is 52.0 Å². The molecule has 2 N–H and O–H groups in total. The predicted molar refractivity (Wildman–Crippen MR) is 106 cm³/mol. The van der Waals surface area contributed by atoms with Gasteiger partial charge in [-0.3, -0.25) is 4.79 Å². The Morgan fingerprint density at radius 2 is 1.73 bits per heavy atom. The van der Waals surface area contributed by atoms with Crippen molar-refractivity contribution in [2.45, 2.75) is 12.8 Å². The van der Waals surface area contributed by atoms with E-state index in [9.17, 15) is 4.79 Å². The lowest BCUT2D eigenvalue weighted by atomic mass is 10.1. The summed E-state index contributed by atoms with van der Waals surface area (Å²) in [7, 11) is 3.23. The van der Waals surface area contributed by atoms with E-state index < -0.39 is 0 Å². The molecular weight excluding hydrogens is 375 g/mol. The number of benzene rings is 2. The Morgan fingerprint density at radius 3 is 2.42 bits per heavy atom.